The number of carbonyl (C=O) groups excluding carboxylic acids is 1. The number of amides is 1. The maximum Gasteiger partial charge on any atom is 0.292 e. The van der Waals surface area contributed by atoms with E-state index in [0.717, 1.165) is 48.2 Å². The summed E-state index contributed by atoms with van der Waals surface area (Å²) in [5.74, 6) is -0.245. The Labute approximate surface area is 129 Å². The van der Waals surface area contributed by atoms with Gasteiger partial charge in [0.05, 0.1) is 5.71 Å². The van der Waals surface area contributed by atoms with Crippen LogP contribution in [0.3, 0.4) is 0 Å². The molecule has 5 heteroatoms. The van der Waals surface area contributed by atoms with Crippen molar-refractivity contribution in [3.8, 4) is 0 Å². The summed E-state index contributed by atoms with van der Waals surface area (Å²) in [6.07, 6.45) is 4.15. The number of aryl methyl sites for hydroxylation is 2. The van der Waals surface area contributed by atoms with Crippen LogP contribution in [0.15, 0.2) is 29.4 Å². The van der Waals surface area contributed by atoms with Crippen LogP contribution in [0.2, 0.25) is 0 Å². The molecule has 1 heterocycles. The first-order chi connectivity index (χ1) is 10.6. The molecule has 0 unspecified atom stereocenters. The van der Waals surface area contributed by atoms with E-state index in [4.69, 9.17) is 0 Å². The molecule has 0 atom stereocenters. The molecule has 1 aliphatic carbocycles. The molecule has 0 radical (unpaired) electrons. The average molecular weight is 296 g/mol. The summed E-state index contributed by atoms with van der Waals surface area (Å²) in [6, 6.07) is 8.05. The molecule has 0 spiro atoms. The minimum Gasteiger partial charge on any atom is -0.281 e. The summed E-state index contributed by atoms with van der Waals surface area (Å²) in [7, 11) is 0. The van der Waals surface area contributed by atoms with Crippen LogP contribution < -0.4 is 5.43 Å². The smallest absolute Gasteiger partial charge is 0.281 e. The van der Waals surface area contributed by atoms with Gasteiger partial charge in [0, 0.05) is 11.3 Å². The molecule has 0 bridgehead atoms. The lowest BCUT2D eigenvalue weighted by Crippen LogP contribution is -2.21. The molecule has 5 nitrogen and oxygen atoms in total. The quantitative estimate of drug-likeness (QED) is 0.675. The summed E-state index contributed by atoms with van der Waals surface area (Å²) in [5.41, 5.74) is 8.21. The normalized spacial score (nSPS) is 14.5. The van der Waals surface area contributed by atoms with E-state index in [0.29, 0.717) is 5.69 Å². The minimum atomic E-state index is -0.245. The zero-order valence-corrected chi connectivity index (χ0v) is 12.9. The first-order valence-electron chi connectivity index (χ1n) is 7.63. The van der Waals surface area contributed by atoms with Gasteiger partial charge in [0.1, 0.15) is 0 Å². The Bertz CT molecular complexity index is 713. The summed E-state index contributed by atoms with van der Waals surface area (Å²) in [5, 5.41) is 11.3. The predicted octanol–water partition coefficient (Wildman–Crippen LogP) is 2.75. The molecule has 22 heavy (non-hydrogen) atoms. The molecule has 0 fully saturated rings. The highest BCUT2D eigenvalue weighted by Crippen LogP contribution is 2.21. The van der Waals surface area contributed by atoms with Gasteiger partial charge in [0.2, 0.25) is 0 Å². The fraction of sp³-hybridized carbons (Fsp3) is 0.353. The molecule has 1 amide bonds. The molecule has 0 aliphatic heterocycles. The van der Waals surface area contributed by atoms with Crippen LogP contribution in [0.25, 0.3) is 0 Å². The van der Waals surface area contributed by atoms with Crippen molar-refractivity contribution < 1.29 is 4.79 Å². The maximum absolute atomic E-state index is 12.3. The number of hydrogen-bond donors (Lipinski definition) is 2. The Morgan fingerprint density at radius 3 is 2.73 bits per heavy atom. The van der Waals surface area contributed by atoms with Crippen molar-refractivity contribution in [1.29, 1.82) is 0 Å². The van der Waals surface area contributed by atoms with Crippen molar-refractivity contribution >= 4 is 11.6 Å². The molecule has 0 saturated carbocycles. The average Bonchev–Trinajstić information content (AvgIpc) is 2.97. The number of H-pyrrole nitrogens is 1. The van der Waals surface area contributed by atoms with Crippen molar-refractivity contribution in [2.24, 2.45) is 5.10 Å². The second-order valence-corrected chi connectivity index (χ2v) is 5.74. The maximum atomic E-state index is 12.3. The number of aromatic nitrogens is 2. The molecule has 1 aliphatic rings. The highest BCUT2D eigenvalue weighted by molar-refractivity contribution is 6.00. The number of nitrogens with one attached hydrogen (secondary N) is 2. The van der Waals surface area contributed by atoms with Gasteiger partial charge in [-0.15, -0.1) is 0 Å². The van der Waals surface area contributed by atoms with Crippen LogP contribution in [-0.2, 0) is 12.8 Å². The number of fused-ring (bicyclic) bond motifs is 1. The first kappa shape index (κ1) is 14.5. The standard InChI is InChI=1S/C17H20N4O/c1-11-7-9-13(10-8-11)12(2)18-21-17(22)16-14-5-3-4-6-15(14)19-20-16/h7-10H,3-6H2,1-2H3,(H,19,20)(H,21,22)/b18-12-. The number of nitrogens with zero attached hydrogens (tertiary/aromatic N) is 2. The van der Waals surface area contributed by atoms with Crippen LogP contribution in [0.5, 0.6) is 0 Å². The molecule has 2 N–H and O–H groups in total. The topological polar surface area (TPSA) is 70.1 Å². The van der Waals surface area contributed by atoms with Gasteiger partial charge in [-0.05, 0) is 45.1 Å². The van der Waals surface area contributed by atoms with Gasteiger partial charge in [-0.2, -0.15) is 10.2 Å². The third-order valence-electron chi connectivity index (χ3n) is 4.07. The van der Waals surface area contributed by atoms with E-state index in [-0.39, 0.29) is 5.91 Å². The van der Waals surface area contributed by atoms with Crippen LogP contribution in [-0.4, -0.2) is 21.8 Å². The van der Waals surface area contributed by atoms with E-state index in [1.165, 1.54) is 5.56 Å². The van der Waals surface area contributed by atoms with Gasteiger partial charge in [-0.25, -0.2) is 5.43 Å². The van der Waals surface area contributed by atoms with Crippen molar-refractivity contribution in [3.63, 3.8) is 0 Å². The van der Waals surface area contributed by atoms with Crippen molar-refractivity contribution in [1.82, 2.24) is 15.6 Å². The van der Waals surface area contributed by atoms with E-state index in [1.54, 1.807) is 0 Å². The van der Waals surface area contributed by atoms with Crippen LogP contribution in [0.1, 0.15) is 52.6 Å². The molecular weight excluding hydrogens is 276 g/mol. The zero-order chi connectivity index (χ0) is 15.5. The Balaban J connectivity index is 1.73. The van der Waals surface area contributed by atoms with Crippen molar-refractivity contribution in [3.05, 3.63) is 52.3 Å². The van der Waals surface area contributed by atoms with E-state index < -0.39 is 0 Å². The monoisotopic (exact) mass is 296 g/mol. The lowest BCUT2D eigenvalue weighted by Gasteiger charge is -2.10. The predicted molar refractivity (Wildman–Crippen MR) is 86.1 cm³/mol. The van der Waals surface area contributed by atoms with E-state index in [2.05, 4.69) is 20.7 Å². The second kappa shape index (κ2) is 6.13. The Morgan fingerprint density at radius 1 is 1.23 bits per heavy atom. The Morgan fingerprint density at radius 2 is 1.95 bits per heavy atom. The van der Waals surface area contributed by atoms with Crippen molar-refractivity contribution in [2.45, 2.75) is 39.5 Å². The molecule has 1 aromatic carbocycles. The molecule has 3 rings (SSSR count). The lowest BCUT2D eigenvalue weighted by molar-refractivity contribution is 0.0949. The number of benzene rings is 1. The van der Waals surface area contributed by atoms with Crippen LogP contribution >= 0.6 is 0 Å². The van der Waals surface area contributed by atoms with E-state index in [9.17, 15) is 4.79 Å². The van der Waals surface area contributed by atoms with Gasteiger partial charge < -0.3 is 0 Å². The highest BCUT2D eigenvalue weighted by Gasteiger charge is 2.21. The third kappa shape index (κ3) is 2.93. The van der Waals surface area contributed by atoms with Gasteiger partial charge in [-0.3, -0.25) is 9.89 Å². The van der Waals surface area contributed by atoms with Gasteiger partial charge >= 0.3 is 0 Å². The van der Waals surface area contributed by atoms with Gasteiger partial charge in [-0.1, -0.05) is 29.8 Å². The Hall–Kier alpha value is -2.43. The largest absolute Gasteiger partial charge is 0.292 e. The second-order valence-electron chi connectivity index (χ2n) is 5.74. The summed E-state index contributed by atoms with van der Waals surface area (Å²) < 4.78 is 0. The number of aromatic amines is 1. The fourth-order valence-corrected chi connectivity index (χ4v) is 2.72. The number of hydrazone groups is 1. The third-order valence-corrected chi connectivity index (χ3v) is 4.07. The lowest BCUT2D eigenvalue weighted by atomic mass is 9.96. The fourth-order valence-electron chi connectivity index (χ4n) is 2.72. The van der Waals surface area contributed by atoms with Gasteiger partial charge in [0.25, 0.3) is 5.91 Å². The molecular formula is C17H20N4O. The number of hydrogen-bond acceptors (Lipinski definition) is 3. The SMILES string of the molecule is C/C(=N/NC(=O)c1n[nH]c2c1CCCC2)c1ccc(C)cc1. The zero-order valence-electron chi connectivity index (χ0n) is 12.9. The van der Waals surface area contributed by atoms with Crippen molar-refractivity contribution in [2.75, 3.05) is 0 Å². The van der Waals surface area contributed by atoms with E-state index in [1.807, 2.05) is 38.1 Å². The molecule has 0 saturated heterocycles. The highest BCUT2D eigenvalue weighted by atomic mass is 16.2. The van der Waals surface area contributed by atoms with Crippen LogP contribution in [0, 0.1) is 6.92 Å². The minimum absolute atomic E-state index is 0.245. The summed E-state index contributed by atoms with van der Waals surface area (Å²) >= 11 is 0. The van der Waals surface area contributed by atoms with Crippen LogP contribution in [0.4, 0.5) is 0 Å². The first-order valence-corrected chi connectivity index (χ1v) is 7.63. The number of carbonyl (C=O) groups is 1. The van der Waals surface area contributed by atoms with E-state index >= 15 is 0 Å². The number of rotatable bonds is 3. The van der Waals surface area contributed by atoms with Gasteiger partial charge in [0.15, 0.2) is 5.69 Å². The molecule has 114 valence electrons. The summed E-state index contributed by atoms with van der Waals surface area (Å²) in [6.45, 7) is 3.92. The summed E-state index contributed by atoms with van der Waals surface area (Å²) in [4.78, 5) is 12.3. The Kier molecular flexibility index (Phi) is 4.04. The molecule has 2 aromatic rings. The molecule has 1 aromatic heterocycles.